The van der Waals surface area contributed by atoms with E-state index in [-0.39, 0.29) is 6.03 Å². The van der Waals surface area contributed by atoms with Gasteiger partial charge in [0, 0.05) is 13.1 Å². The Morgan fingerprint density at radius 2 is 1.65 bits per heavy atom. The van der Waals surface area contributed by atoms with E-state index in [2.05, 4.69) is 53.6 Å². The second-order valence-electron chi connectivity index (χ2n) is 5.39. The van der Waals surface area contributed by atoms with Crippen molar-refractivity contribution in [3.8, 4) is 0 Å². The topological polar surface area (TPSA) is 57.5 Å². The highest BCUT2D eigenvalue weighted by Gasteiger charge is 2.04. The summed E-state index contributed by atoms with van der Waals surface area (Å²) in [7, 11) is 0. The lowest BCUT2D eigenvalue weighted by Gasteiger charge is -2.18. The van der Waals surface area contributed by atoms with E-state index < -0.39 is 0 Å². The fourth-order valence-electron chi connectivity index (χ4n) is 2.29. The predicted octanol–water partition coefficient (Wildman–Crippen LogP) is 3.12. The van der Waals surface area contributed by atoms with E-state index in [1.54, 1.807) is 12.3 Å². The van der Waals surface area contributed by atoms with E-state index in [9.17, 15) is 4.79 Å². The molecule has 0 radical (unpaired) electrons. The molecule has 0 saturated carbocycles. The first-order chi connectivity index (χ1) is 11.2. The Morgan fingerprint density at radius 3 is 2.26 bits per heavy atom. The number of benzene rings is 1. The highest BCUT2D eigenvalue weighted by atomic mass is 16.3. The van der Waals surface area contributed by atoms with E-state index in [0.29, 0.717) is 13.1 Å². The highest BCUT2D eigenvalue weighted by molar-refractivity contribution is 5.73. The van der Waals surface area contributed by atoms with E-state index >= 15 is 0 Å². The standard InChI is InChI=1S/C18H25N3O2/c1-3-21(4-2)14-16-9-7-15(8-10-16)12-19-18(22)20-13-17-6-5-11-23-17/h5-11H,3-4,12-14H2,1-2H3,(H2,19,20,22). The van der Waals surface area contributed by atoms with Crippen molar-refractivity contribution in [2.45, 2.75) is 33.5 Å². The highest BCUT2D eigenvalue weighted by Crippen LogP contribution is 2.07. The maximum Gasteiger partial charge on any atom is 0.315 e. The fraction of sp³-hybridized carbons (Fsp3) is 0.389. The fourth-order valence-corrected chi connectivity index (χ4v) is 2.29. The molecule has 0 atom stereocenters. The summed E-state index contributed by atoms with van der Waals surface area (Å²) in [5.74, 6) is 0.737. The largest absolute Gasteiger partial charge is 0.467 e. The van der Waals surface area contributed by atoms with Gasteiger partial charge in [-0.15, -0.1) is 0 Å². The van der Waals surface area contributed by atoms with Crippen LogP contribution < -0.4 is 10.6 Å². The zero-order valence-corrected chi connectivity index (χ0v) is 13.8. The molecule has 0 saturated heterocycles. The average Bonchev–Trinajstić information content (AvgIpc) is 3.10. The third kappa shape index (κ3) is 5.79. The Hall–Kier alpha value is -2.27. The Balaban J connectivity index is 1.73. The van der Waals surface area contributed by atoms with Gasteiger partial charge in [-0.3, -0.25) is 4.90 Å². The summed E-state index contributed by atoms with van der Waals surface area (Å²) in [5.41, 5.74) is 2.38. The van der Waals surface area contributed by atoms with Crippen molar-refractivity contribution < 1.29 is 9.21 Å². The van der Waals surface area contributed by atoms with Crippen molar-refractivity contribution in [3.05, 3.63) is 59.5 Å². The van der Waals surface area contributed by atoms with E-state index in [0.717, 1.165) is 31.0 Å². The van der Waals surface area contributed by atoms with Crippen molar-refractivity contribution in [1.29, 1.82) is 0 Å². The molecule has 1 heterocycles. The maximum absolute atomic E-state index is 11.7. The van der Waals surface area contributed by atoms with E-state index in [4.69, 9.17) is 4.42 Å². The minimum absolute atomic E-state index is 0.200. The molecule has 0 aliphatic heterocycles. The average molecular weight is 315 g/mol. The normalized spacial score (nSPS) is 10.7. The summed E-state index contributed by atoms with van der Waals surface area (Å²) in [6.45, 7) is 8.30. The van der Waals surface area contributed by atoms with E-state index in [1.165, 1.54) is 5.56 Å². The molecule has 23 heavy (non-hydrogen) atoms. The van der Waals surface area contributed by atoms with Gasteiger partial charge in [0.1, 0.15) is 5.76 Å². The number of nitrogens with zero attached hydrogens (tertiary/aromatic N) is 1. The molecule has 5 heteroatoms. The van der Waals surface area contributed by atoms with Crippen molar-refractivity contribution >= 4 is 6.03 Å². The van der Waals surface area contributed by atoms with Crippen molar-refractivity contribution in [1.82, 2.24) is 15.5 Å². The van der Waals surface area contributed by atoms with Crippen molar-refractivity contribution in [3.63, 3.8) is 0 Å². The number of urea groups is 1. The van der Waals surface area contributed by atoms with Gasteiger partial charge in [-0.1, -0.05) is 38.1 Å². The number of carbonyl (C=O) groups is 1. The van der Waals surface area contributed by atoms with Crippen LogP contribution in [0.5, 0.6) is 0 Å². The molecule has 0 unspecified atom stereocenters. The van der Waals surface area contributed by atoms with Crippen LogP contribution in [0.25, 0.3) is 0 Å². The van der Waals surface area contributed by atoms with Gasteiger partial charge in [0.05, 0.1) is 12.8 Å². The number of carbonyl (C=O) groups excluding carboxylic acids is 1. The van der Waals surface area contributed by atoms with Gasteiger partial charge >= 0.3 is 6.03 Å². The second kappa shape index (κ2) is 9.00. The van der Waals surface area contributed by atoms with Gasteiger partial charge in [-0.2, -0.15) is 0 Å². The zero-order valence-electron chi connectivity index (χ0n) is 13.8. The molecule has 1 aromatic heterocycles. The predicted molar refractivity (Wildman–Crippen MR) is 90.9 cm³/mol. The summed E-state index contributed by atoms with van der Waals surface area (Å²) in [6.07, 6.45) is 1.59. The lowest BCUT2D eigenvalue weighted by atomic mass is 10.1. The first-order valence-corrected chi connectivity index (χ1v) is 8.05. The first-order valence-electron chi connectivity index (χ1n) is 8.05. The Labute approximate surface area is 137 Å². The monoisotopic (exact) mass is 315 g/mol. The molecule has 5 nitrogen and oxygen atoms in total. The number of hydrogen-bond donors (Lipinski definition) is 2. The summed E-state index contributed by atoms with van der Waals surface area (Å²) in [4.78, 5) is 14.1. The van der Waals surface area contributed by atoms with Crippen LogP contribution in [0, 0.1) is 0 Å². The molecule has 2 rings (SSSR count). The summed E-state index contributed by atoms with van der Waals surface area (Å²) in [6, 6.07) is 11.8. The van der Waals surface area contributed by atoms with Gasteiger partial charge in [0.2, 0.25) is 0 Å². The number of nitrogens with one attached hydrogen (secondary N) is 2. The third-order valence-corrected chi connectivity index (χ3v) is 3.78. The lowest BCUT2D eigenvalue weighted by molar-refractivity contribution is 0.239. The molecule has 0 aliphatic carbocycles. The molecule has 2 N–H and O–H groups in total. The molecule has 124 valence electrons. The van der Waals surface area contributed by atoms with Crippen LogP contribution in [0.4, 0.5) is 4.79 Å². The SMILES string of the molecule is CCN(CC)Cc1ccc(CNC(=O)NCc2ccco2)cc1. The summed E-state index contributed by atoms with van der Waals surface area (Å²) in [5, 5.41) is 5.60. The quantitative estimate of drug-likeness (QED) is 0.787. The number of rotatable bonds is 8. The van der Waals surface area contributed by atoms with Crippen LogP contribution >= 0.6 is 0 Å². The smallest absolute Gasteiger partial charge is 0.315 e. The van der Waals surface area contributed by atoms with Gasteiger partial charge < -0.3 is 15.1 Å². The van der Waals surface area contributed by atoms with Crippen LogP contribution in [-0.4, -0.2) is 24.0 Å². The van der Waals surface area contributed by atoms with Gasteiger partial charge in [0.15, 0.2) is 0 Å². The summed E-state index contributed by atoms with van der Waals surface area (Å²) < 4.78 is 5.16. The molecule has 2 amide bonds. The number of amides is 2. The molecule has 1 aromatic carbocycles. The molecular weight excluding hydrogens is 290 g/mol. The van der Waals surface area contributed by atoms with Crippen LogP contribution in [-0.2, 0) is 19.6 Å². The first kappa shape index (κ1) is 17.1. The van der Waals surface area contributed by atoms with Gasteiger partial charge in [0.25, 0.3) is 0 Å². The number of hydrogen-bond acceptors (Lipinski definition) is 3. The third-order valence-electron chi connectivity index (χ3n) is 3.78. The minimum Gasteiger partial charge on any atom is -0.467 e. The molecular formula is C18H25N3O2. The molecule has 0 bridgehead atoms. The van der Waals surface area contributed by atoms with Gasteiger partial charge in [-0.25, -0.2) is 4.79 Å². The minimum atomic E-state index is -0.200. The van der Waals surface area contributed by atoms with Crippen LogP contribution in [0.2, 0.25) is 0 Å². The second-order valence-corrected chi connectivity index (χ2v) is 5.39. The number of furan rings is 1. The van der Waals surface area contributed by atoms with Crippen LogP contribution in [0.3, 0.4) is 0 Å². The molecule has 0 aliphatic rings. The molecule has 0 fully saturated rings. The van der Waals surface area contributed by atoms with Gasteiger partial charge in [-0.05, 0) is 36.3 Å². The van der Waals surface area contributed by atoms with E-state index in [1.807, 2.05) is 6.07 Å². The Kier molecular flexibility index (Phi) is 6.69. The lowest BCUT2D eigenvalue weighted by Crippen LogP contribution is -2.34. The van der Waals surface area contributed by atoms with Crippen molar-refractivity contribution in [2.24, 2.45) is 0 Å². The van der Waals surface area contributed by atoms with Crippen LogP contribution in [0.15, 0.2) is 47.1 Å². The summed E-state index contributed by atoms with van der Waals surface area (Å²) >= 11 is 0. The molecule has 0 spiro atoms. The zero-order chi connectivity index (χ0) is 16.5. The van der Waals surface area contributed by atoms with Crippen molar-refractivity contribution in [2.75, 3.05) is 13.1 Å². The van der Waals surface area contributed by atoms with Crippen LogP contribution in [0.1, 0.15) is 30.7 Å². The Bertz CT molecular complexity index is 575. The molecule has 2 aromatic rings. The Morgan fingerprint density at radius 1 is 1.00 bits per heavy atom. The maximum atomic E-state index is 11.7.